The number of halogens is 3. The molecule has 0 atom stereocenters. The highest BCUT2D eigenvalue weighted by molar-refractivity contribution is 9.11. The molecule has 1 aromatic heterocycles. The zero-order valence-electron chi connectivity index (χ0n) is 10.4. The number of nitrogens with zero attached hydrogens (tertiary/aromatic N) is 2. The maximum atomic E-state index is 13.3. The molecule has 2 N–H and O–H groups in total. The SMILES string of the molecule is CCOC(=O)c1cnn(-c2c(Br)cc(F)cc2Br)c1N. The van der Waals surface area contributed by atoms with E-state index >= 15 is 0 Å². The molecule has 5 nitrogen and oxygen atoms in total. The van der Waals surface area contributed by atoms with Gasteiger partial charge >= 0.3 is 5.97 Å². The van der Waals surface area contributed by atoms with Crippen molar-refractivity contribution in [2.24, 2.45) is 0 Å². The molecule has 8 heteroatoms. The monoisotopic (exact) mass is 405 g/mol. The van der Waals surface area contributed by atoms with Gasteiger partial charge < -0.3 is 10.5 Å². The molecule has 0 bridgehead atoms. The lowest BCUT2D eigenvalue weighted by molar-refractivity contribution is 0.0527. The molecular weight excluding hydrogens is 397 g/mol. The number of esters is 1. The number of nitrogens with two attached hydrogens (primary N) is 1. The van der Waals surface area contributed by atoms with Crippen LogP contribution in [0.4, 0.5) is 10.2 Å². The van der Waals surface area contributed by atoms with E-state index in [0.29, 0.717) is 14.6 Å². The number of benzene rings is 1. The van der Waals surface area contributed by atoms with Crippen molar-refractivity contribution < 1.29 is 13.9 Å². The molecule has 0 unspecified atom stereocenters. The van der Waals surface area contributed by atoms with Crippen LogP contribution in [-0.2, 0) is 4.74 Å². The minimum Gasteiger partial charge on any atom is -0.462 e. The summed E-state index contributed by atoms with van der Waals surface area (Å²) in [6, 6.07) is 2.57. The van der Waals surface area contributed by atoms with Crippen molar-refractivity contribution in [3.05, 3.63) is 38.7 Å². The van der Waals surface area contributed by atoms with E-state index in [4.69, 9.17) is 10.5 Å². The summed E-state index contributed by atoms with van der Waals surface area (Å²) in [6.07, 6.45) is 1.32. The number of nitrogen functional groups attached to an aromatic ring is 1. The van der Waals surface area contributed by atoms with Gasteiger partial charge in [0, 0.05) is 8.95 Å². The van der Waals surface area contributed by atoms with Crippen LogP contribution in [0, 0.1) is 5.82 Å². The zero-order valence-corrected chi connectivity index (χ0v) is 13.5. The first-order valence-electron chi connectivity index (χ1n) is 5.61. The quantitative estimate of drug-likeness (QED) is 0.794. The summed E-state index contributed by atoms with van der Waals surface area (Å²) in [4.78, 5) is 11.7. The van der Waals surface area contributed by atoms with Crippen molar-refractivity contribution in [2.75, 3.05) is 12.3 Å². The minimum absolute atomic E-state index is 0.122. The molecule has 1 aromatic carbocycles. The van der Waals surface area contributed by atoms with Crippen LogP contribution in [0.5, 0.6) is 0 Å². The molecule has 2 aromatic rings. The van der Waals surface area contributed by atoms with Gasteiger partial charge in [-0.25, -0.2) is 13.9 Å². The number of anilines is 1. The fourth-order valence-electron chi connectivity index (χ4n) is 1.64. The van der Waals surface area contributed by atoms with E-state index in [1.54, 1.807) is 6.92 Å². The van der Waals surface area contributed by atoms with Gasteiger partial charge in [-0.2, -0.15) is 5.10 Å². The van der Waals surface area contributed by atoms with E-state index < -0.39 is 11.8 Å². The van der Waals surface area contributed by atoms with E-state index in [2.05, 4.69) is 37.0 Å². The predicted molar refractivity (Wildman–Crippen MR) is 79.3 cm³/mol. The highest BCUT2D eigenvalue weighted by Gasteiger charge is 2.20. The Kier molecular flexibility index (Phi) is 4.44. The first-order valence-corrected chi connectivity index (χ1v) is 7.19. The number of ether oxygens (including phenoxy) is 1. The van der Waals surface area contributed by atoms with Crippen LogP contribution in [0.25, 0.3) is 5.69 Å². The second-order valence-corrected chi connectivity index (χ2v) is 5.50. The van der Waals surface area contributed by atoms with Crippen molar-refractivity contribution in [2.45, 2.75) is 6.92 Å². The Labute approximate surface area is 131 Å². The Bertz CT molecular complexity index is 650. The van der Waals surface area contributed by atoms with Gasteiger partial charge in [0.2, 0.25) is 0 Å². The summed E-state index contributed by atoms with van der Waals surface area (Å²) < 4.78 is 20.4. The molecule has 0 saturated heterocycles. The normalized spacial score (nSPS) is 10.6. The van der Waals surface area contributed by atoms with Crippen LogP contribution in [0.15, 0.2) is 27.3 Å². The lowest BCUT2D eigenvalue weighted by Gasteiger charge is -2.10. The molecule has 20 heavy (non-hydrogen) atoms. The second-order valence-electron chi connectivity index (χ2n) is 3.79. The smallest absolute Gasteiger partial charge is 0.343 e. The van der Waals surface area contributed by atoms with E-state index in [0.717, 1.165) is 0 Å². The summed E-state index contributed by atoms with van der Waals surface area (Å²) in [5.41, 5.74) is 6.57. The van der Waals surface area contributed by atoms with Gasteiger partial charge in [0.05, 0.1) is 18.5 Å². The van der Waals surface area contributed by atoms with Crippen LogP contribution < -0.4 is 5.73 Å². The van der Waals surface area contributed by atoms with Crippen LogP contribution in [0.1, 0.15) is 17.3 Å². The Hall–Kier alpha value is -1.41. The number of hydrogen-bond donors (Lipinski definition) is 1. The molecule has 106 valence electrons. The van der Waals surface area contributed by atoms with Gasteiger partial charge in [-0.3, -0.25) is 0 Å². The van der Waals surface area contributed by atoms with Gasteiger partial charge in [-0.1, -0.05) is 0 Å². The van der Waals surface area contributed by atoms with E-state index in [1.165, 1.54) is 23.0 Å². The first-order chi connectivity index (χ1) is 9.45. The Morgan fingerprint density at radius 3 is 2.60 bits per heavy atom. The van der Waals surface area contributed by atoms with Crippen molar-refractivity contribution in [3.8, 4) is 5.69 Å². The van der Waals surface area contributed by atoms with Gasteiger partial charge in [0.15, 0.2) is 0 Å². The van der Waals surface area contributed by atoms with Crippen LogP contribution in [-0.4, -0.2) is 22.4 Å². The molecule has 0 aliphatic carbocycles. The largest absolute Gasteiger partial charge is 0.462 e. The lowest BCUT2D eigenvalue weighted by Crippen LogP contribution is -2.09. The van der Waals surface area contributed by atoms with Gasteiger partial charge in [-0.05, 0) is 50.9 Å². The van der Waals surface area contributed by atoms with E-state index in [9.17, 15) is 9.18 Å². The van der Waals surface area contributed by atoms with Crippen molar-refractivity contribution in [1.29, 1.82) is 0 Å². The maximum Gasteiger partial charge on any atom is 0.343 e. The number of carbonyl (C=O) groups excluding carboxylic acids is 1. The molecule has 0 saturated carbocycles. The molecule has 0 spiro atoms. The standard InChI is InChI=1S/C12H10Br2FN3O2/c1-2-20-12(19)7-5-17-18(11(7)16)10-8(13)3-6(15)4-9(10)14/h3-5H,2,16H2,1H3. The van der Waals surface area contributed by atoms with E-state index in [1.807, 2.05) is 0 Å². The third kappa shape index (κ3) is 2.71. The third-order valence-electron chi connectivity index (χ3n) is 2.50. The van der Waals surface area contributed by atoms with Crippen LogP contribution in [0.3, 0.4) is 0 Å². The Morgan fingerprint density at radius 1 is 1.45 bits per heavy atom. The van der Waals surface area contributed by atoms with Crippen molar-refractivity contribution >= 4 is 43.6 Å². The maximum absolute atomic E-state index is 13.3. The van der Waals surface area contributed by atoms with Gasteiger partial charge in [-0.15, -0.1) is 0 Å². The predicted octanol–water partition coefficient (Wildman–Crippen LogP) is 3.30. The summed E-state index contributed by atoms with van der Waals surface area (Å²) >= 11 is 6.49. The van der Waals surface area contributed by atoms with Crippen molar-refractivity contribution in [1.82, 2.24) is 9.78 Å². The fraction of sp³-hybridized carbons (Fsp3) is 0.167. The average molecular weight is 407 g/mol. The Balaban J connectivity index is 2.53. The number of carbonyl (C=O) groups is 1. The fourth-order valence-corrected chi connectivity index (χ4v) is 3.11. The molecule has 0 fully saturated rings. The Morgan fingerprint density at radius 2 is 2.05 bits per heavy atom. The summed E-state index contributed by atoms with van der Waals surface area (Å²) in [5, 5.41) is 4.05. The van der Waals surface area contributed by atoms with Crippen molar-refractivity contribution in [3.63, 3.8) is 0 Å². The number of hydrogen-bond acceptors (Lipinski definition) is 4. The summed E-state index contributed by atoms with van der Waals surface area (Å²) in [5.74, 6) is -0.842. The average Bonchev–Trinajstić information content (AvgIpc) is 2.71. The number of aromatic nitrogens is 2. The molecule has 2 rings (SSSR count). The molecule has 1 heterocycles. The van der Waals surface area contributed by atoms with Crippen LogP contribution >= 0.6 is 31.9 Å². The third-order valence-corrected chi connectivity index (χ3v) is 3.70. The highest BCUT2D eigenvalue weighted by atomic mass is 79.9. The van der Waals surface area contributed by atoms with E-state index in [-0.39, 0.29) is 18.0 Å². The molecule has 0 amide bonds. The van der Waals surface area contributed by atoms with Gasteiger partial charge in [0.25, 0.3) is 0 Å². The summed E-state index contributed by atoms with van der Waals surface area (Å²) in [7, 11) is 0. The molecule has 0 aliphatic heterocycles. The zero-order chi connectivity index (χ0) is 14.9. The topological polar surface area (TPSA) is 70.1 Å². The first kappa shape index (κ1) is 15.0. The molecule has 0 aliphatic rings. The minimum atomic E-state index is -0.550. The second kappa shape index (κ2) is 5.92. The number of rotatable bonds is 3. The lowest BCUT2D eigenvalue weighted by atomic mass is 10.3. The van der Waals surface area contributed by atoms with Crippen LogP contribution in [0.2, 0.25) is 0 Å². The van der Waals surface area contributed by atoms with Gasteiger partial charge in [0.1, 0.15) is 17.2 Å². The highest BCUT2D eigenvalue weighted by Crippen LogP contribution is 2.32. The molecule has 0 radical (unpaired) electrons. The summed E-state index contributed by atoms with van der Waals surface area (Å²) in [6.45, 7) is 1.94. The molecular formula is C12H10Br2FN3O2.